The van der Waals surface area contributed by atoms with E-state index < -0.39 is 28.6 Å². The Labute approximate surface area is 168 Å². The molecule has 1 amide bonds. The standard InChI is InChI=1S/C18H17ClF2N4O2S/c19-16-11(20)5-9(6-12(16)21)13-1-2-14(24-13)17(27)25-15(7-22)18-23-10(3-4-26)8-28-18/h1-2,5-6,8,15,24,26H,3-4,7,22H2,(H,25,27). The summed E-state index contributed by atoms with van der Waals surface area (Å²) in [6.45, 7) is 0.124. The number of nitrogens with zero attached hydrogens (tertiary/aromatic N) is 1. The first-order chi connectivity index (χ1) is 13.4. The highest BCUT2D eigenvalue weighted by Crippen LogP contribution is 2.27. The molecule has 0 radical (unpaired) electrons. The summed E-state index contributed by atoms with van der Waals surface area (Å²) in [6.07, 6.45) is 0.427. The first-order valence-electron chi connectivity index (χ1n) is 8.33. The van der Waals surface area contributed by atoms with Gasteiger partial charge in [-0.3, -0.25) is 4.79 Å². The topological polar surface area (TPSA) is 104 Å². The number of benzene rings is 1. The fourth-order valence-corrected chi connectivity index (χ4v) is 3.60. The number of rotatable bonds is 7. The van der Waals surface area contributed by atoms with Gasteiger partial charge in [0.1, 0.15) is 27.4 Å². The van der Waals surface area contributed by atoms with Gasteiger partial charge in [0.15, 0.2) is 0 Å². The molecule has 1 unspecified atom stereocenters. The van der Waals surface area contributed by atoms with Crippen molar-refractivity contribution in [1.29, 1.82) is 0 Å². The average Bonchev–Trinajstić information content (AvgIpc) is 3.34. The lowest BCUT2D eigenvalue weighted by Gasteiger charge is -2.13. The number of aliphatic hydroxyl groups is 1. The zero-order chi connectivity index (χ0) is 20.3. The van der Waals surface area contributed by atoms with Gasteiger partial charge in [-0.25, -0.2) is 13.8 Å². The summed E-state index contributed by atoms with van der Waals surface area (Å²) in [5, 5.41) is 13.6. The van der Waals surface area contributed by atoms with E-state index in [0.717, 1.165) is 17.8 Å². The van der Waals surface area contributed by atoms with E-state index in [1.807, 2.05) is 0 Å². The Kier molecular flexibility index (Phi) is 6.40. The van der Waals surface area contributed by atoms with Crippen molar-refractivity contribution in [3.05, 3.63) is 62.7 Å². The molecule has 0 aliphatic rings. The van der Waals surface area contributed by atoms with Gasteiger partial charge in [-0.1, -0.05) is 11.6 Å². The minimum Gasteiger partial charge on any atom is -0.396 e. The molecule has 0 aliphatic heterocycles. The average molecular weight is 427 g/mol. The Bertz CT molecular complexity index is 969. The van der Waals surface area contributed by atoms with E-state index in [2.05, 4.69) is 15.3 Å². The van der Waals surface area contributed by atoms with Crippen molar-refractivity contribution in [3.8, 4) is 11.3 Å². The molecule has 0 bridgehead atoms. The summed E-state index contributed by atoms with van der Waals surface area (Å²) in [4.78, 5) is 19.7. The van der Waals surface area contributed by atoms with Crippen molar-refractivity contribution < 1.29 is 18.7 Å². The van der Waals surface area contributed by atoms with Crippen LogP contribution in [0.5, 0.6) is 0 Å². The Morgan fingerprint density at radius 1 is 1.36 bits per heavy atom. The number of hydrogen-bond acceptors (Lipinski definition) is 5. The first kappa shape index (κ1) is 20.4. The van der Waals surface area contributed by atoms with Gasteiger partial charge in [0.2, 0.25) is 0 Å². The summed E-state index contributed by atoms with van der Waals surface area (Å²) in [5.41, 5.74) is 7.27. The van der Waals surface area contributed by atoms with Gasteiger partial charge in [-0.05, 0) is 24.3 Å². The molecule has 0 saturated carbocycles. The highest BCUT2D eigenvalue weighted by molar-refractivity contribution is 7.09. The molecule has 10 heteroatoms. The van der Waals surface area contributed by atoms with Gasteiger partial charge in [0.25, 0.3) is 5.91 Å². The van der Waals surface area contributed by atoms with E-state index in [0.29, 0.717) is 17.1 Å². The maximum absolute atomic E-state index is 13.7. The molecule has 0 spiro atoms. The van der Waals surface area contributed by atoms with Crippen LogP contribution in [0.25, 0.3) is 11.3 Å². The minimum atomic E-state index is -0.886. The van der Waals surface area contributed by atoms with Crippen LogP contribution in [-0.4, -0.2) is 34.1 Å². The van der Waals surface area contributed by atoms with Gasteiger partial charge in [0, 0.05) is 36.2 Å². The van der Waals surface area contributed by atoms with Gasteiger partial charge in [-0.2, -0.15) is 0 Å². The fourth-order valence-electron chi connectivity index (χ4n) is 2.58. The van der Waals surface area contributed by atoms with E-state index in [-0.39, 0.29) is 24.4 Å². The first-order valence-corrected chi connectivity index (χ1v) is 9.58. The predicted octanol–water partition coefficient (Wildman–Crippen LogP) is 3.03. The Morgan fingerprint density at radius 3 is 2.71 bits per heavy atom. The molecule has 0 aliphatic carbocycles. The van der Waals surface area contributed by atoms with Gasteiger partial charge < -0.3 is 21.1 Å². The van der Waals surface area contributed by atoms with Gasteiger partial charge >= 0.3 is 0 Å². The molecule has 5 N–H and O–H groups in total. The van der Waals surface area contributed by atoms with Crippen LogP contribution in [-0.2, 0) is 6.42 Å². The van der Waals surface area contributed by atoms with E-state index in [9.17, 15) is 13.6 Å². The maximum atomic E-state index is 13.7. The predicted molar refractivity (Wildman–Crippen MR) is 103 cm³/mol. The Hall–Kier alpha value is -2.33. The van der Waals surface area contributed by atoms with Crippen LogP contribution in [0.1, 0.15) is 27.2 Å². The third-order valence-corrected chi connectivity index (χ3v) is 5.37. The molecule has 0 saturated heterocycles. The number of nitrogens with two attached hydrogens (primary N) is 1. The van der Waals surface area contributed by atoms with Crippen LogP contribution in [0.2, 0.25) is 5.02 Å². The number of aliphatic hydroxyl groups excluding tert-OH is 1. The summed E-state index contributed by atoms with van der Waals surface area (Å²) in [6, 6.07) is 4.71. The Balaban J connectivity index is 1.76. The summed E-state index contributed by atoms with van der Waals surface area (Å²) >= 11 is 6.83. The van der Waals surface area contributed by atoms with Crippen LogP contribution in [0.15, 0.2) is 29.6 Å². The number of aromatic nitrogens is 2. The number of hydrogen-bond donors (Lipinski definition) is 4. The molecule has 0 fully saturated rings. The van der Waals surface area contributed by atoms with E-state index >= 15 is 0 Å². The van der Waals surface area contributed by atoms with Gasteiger partial charge in [-0.15, -0.1) is 11.3 Å². The summed E-state index contributed by atoms with van der Waals surface area (Å²) in [7, 11) is 0. The lowest BCUT2D eigenvalue weighted by Crippen LogP contribution is -2.33. The Morgan fingerprint density at radius 2 is 2.07 bits per heavy atom. The zero-order valence-electron chi connectivity index (χ0n) is 14.5. The normalized spacial score (nSPS) is 12.2. The number of carbonyl (C=O) groups excluding carboxylic acids is 1. The number of aromatic amines is 1. The number of carbonyl (C=O) groups is 1. The molecule has 6 nitrogen and oxygen atoms in total. The van der Waals surface area contributed by atoms with Crippen molar-refractivity contribution >= 4 is 28.8 Å². The second-order valence-electron chi connectivity index (χ2n) is 5.95. The van der Waals surface area contributed by atoms with E-state index in [1.54, 1.807) is 5.38 Å². The number of H-pyrrole nitrogens is 1. The summed E-state index contributed by atoms with van der Waals surface area (Å²) in [5.74, 6) is -2.21. The highest BCUT2D eigenvalue weighted by Gasteiger charge is 2.19. The molecule has 1 atom stereocenters. The van der Waals surface area contributed by atoms with Crippen molar-refractivity contribution in [1.82, 2.24) is 15.3 Å². The molecule has 148 valence electrons. The van der Waals surface area contributed by atoms with Crippen LogP contribution >= 0.6 is 22.9 Å². The molecule has 2 heterocycles. The third kappa shape index (κ3) is 4.39. The quantitative estimate of drug-likeness (QED) is 0.436. The number of nitrogens with one attached hydrogen (secondary N) is 2. The van der Waals surface area contributed by atoms with Crippen molar-refractivity contribution in [2.45, 2.75) is 12.5 Å². The largest absolute Gasteiger partial charge is 0.396 e. The lowest BCUT2D eigenvalue weighted by atomic mass is 10.1. The monoisotopic (exact) mass is 426 g/mol. The van der Waals surface area contributed by atoms with Crippen LogP contribution < -0.4 is 11.1 Å². The molecule has 28 heavy (non-hydrogen) atoms. The third-order valence-electron chi connectivity index (χ3n) is 4.00. The fraction of sp³-hybridized carbons (Fsp3) is 0.222. The van der Waals surface area contributed by atoms with E-state index in [1.165, 1.54) is 23.5 Å². The summed E-state index contributed by atoms with van der Waals surface area (Å²) < 4.78 is 27.3. The second-order valence-corrected chi connectivity index (χ2v) is 7.22. The maximum Gasteiger partial charge on any atom is 0.268 e. The number of halogens is 3. The molecule has 1 aromatic carbocycles. The smallest absolute Gasteiger partial charge is 0.268 e. The lowest BCUT2D eigenvalue weighted by molar-refractivity contribution is 0.0933. The van der Waals surface area contributed by atoms with Crippen molar-refractivity contribution in [2.24, 2.45) is 5.73 Å². The molecule has 2 aromatic heterocycles. The zero-order valence-corrected chi connectivity index (χ0v) is 16.1. The molecular weight excluding hydrogens is 410 g/mol. The molecule has 3 rings (SSSR count). The number of amides is 1. The van der Waals surface area contributed by atoms with Crippen molar-refractivity contribution in [3.63, 3.8) is 0 Å². The van der Waals surface area contributed by atoms with Gasteiger partial charge in [0.05, 0.1) is 11.7 Å². The molecular formula is C18H17ClF2N4O2S. The van der Waals surface area contributed by atoms with Crippen molar-refractivity contribution in [2.75, 3.05) is 13.2 Å². The van der Waals surface area contributed by atoms with Crippen LogP contribution in [0.4, 0.5) is 8.78 Å². The highest BCUT2D eigenvalue weighted by atomic mass is 35.5. The molecule has 3 aromatic rings. The second kappa shape index (κ2) is 8.78. The van der Waals surface area contributed by atoms with Crippen LogP contribution in [0, 0.1) is 11.6 Å². The SMILES string of the molecule is NCC(NC(=O)c1ccc(-c2cc(F)c(Cl)c(F)c2)[nH]1)c1nc(CCO)cs1. The minimum absolute atomic E-state index is 0.0139. The number of thiazole rings is 1. The van der Waals surface area contributed by atoms with E-state index in [4.69, 9.17) is 22.4 Å². The van der Waals surface area contributed by atoms with Crippen LogP contribution in [0.3, 0.4) is 0 Å².